The van der Waals surface area contributed by atoms with Gasteiger partial charge in [-0.25, -0.2) is 9.97 Å². The van der Waals surface area contributed by atoms with Crippen LogP contribution >= 0.6 is 0 Å². The van der Waals surface area contributed by atoms with E-state index in [-0.39, 0.29) is 0 Å². The number of allylic oxidation sites excluding steroid dienone is 4. The van der Waals surface area contributed by atoms with Crippen LogP contribution in [-0.4, -0.2) is 14.5 Å². The van der Waals surface area contributed by atoms with Gasteiger partial charge in [0.15, 0.2) is 5.65 Å². The zero-order chi connectivity index (χ0) is 27.2. The van der Waals surface area contributed by atoms with Crippen molar-refractivity contribution in [3.8, 4) is 16.8 Å². The van der Waals surface area contributed by atoms with Crippen LogP contribution in [0.3, 0.4) is 0 Å². The molecule has 0 amide bonds. The standard InChI is InChI=1S/C38H27N3/c1-3-10-26(11-4-1)29-12-9-13-30(24-29)27-18-20-28(21-19-27)31-22-23-36-33(25-31)37-38(41(36)32-14-5-2-6-15-32)40-35-17-8-7-16-34(35)39-37/h1-23,25,29H,24H2. The zero-order valence-corrected chi connectivity index (χ0v) is 22.5. The summed E-state index contributed by atoms with van der Waals surface area (Å²) in [5.74, 6) is 0.414. The molecule has 0 spiro atoms. The van der Waals surface area contributed by atoms with E-state index >= 15 is 0 Å². The van der Waals surface area contributed by atoms with Crippen molar-refractivity contribution in [2.75, 3.05) is 0 Å². The molecule has 0 saturated heterocycles. The maximum absolute atomic E-state index is 5.10. The first-order chi connectivity index (χ1) is 20.3. The Kier molecular flexibility index (Phi) is 5.60. The lowest BCUT2D eigenvalue weighted by molar-refractivity contribution is 0.867. The molecule has 0 saturated carbocycles. The largest absolute Gasteiger partial charge is 0.293 e. The number of nitrogens with zero attached hydrogens (tertiary/aromatic N) is 3. The normalized spacial score (nSPS) is 15.0. The van der Waals surface area contributed by atoms with Gasteiger partial charge >= 0.3 is 0 Å². The third-order valence-electron chi connectivity index (χ3n) is 8.17. The van der Waals surface area contributed by atoms with Crippen molar-refractivity contribution < 1.29 is 0 Å². The molecule has 8 rings (SSSR count). The number of para-hydroxylation sites is 3. The quantitative estimate of drug-likeness (QED) is 0.229. The lowest BCUT2D eigenvalue weighted by Crippen LogP contribution is -2.00. The van der Waals surface area contributed by atoms with Gasteiger partial charge in [0.1, 0.15) is 5.52 Å². The first kappa shape index (κ1) is 23.6. The van der Waals surface area contributed by atoms with E-state index in [1.165, 1.54) is 27.8 Å². The van der Waals surface area contributed by atoms with Crippen LogP contribution in [0.4, 0.5) is 0 Å². The van der Waals surface area contributed by atoms with Gasteiger partial charge in [-0.2, -0.15) is 0 Å². The molecule has 1 unspecified atom stereocenters. The predicted octanol–water partition coefficient (Wildman–Crippen LogP) is 9.52. The second kappa shape index (κ2) is 9.72. The Labute approximate surface area is 238 Å². The summed E-state index contributed by atoms with van der Waals surface area (Å²) >= 11 is 0. The lowest BCUT2D eigenvalue weighted by atomic mass is 9.85. The van der Waals surface area contributed by atoms with E-state index in [9.17, 15) is 0 Å². The minimum absolute atomic E-state index is 0.414. The fraction of sp³-hybridized carbons (Fsp3) is 0.0526. The molecule has 2 heterocycles. The van der Waals surface area contributed by atoms with Crippen LogP contribution in [0.15, 0.2) is 146 Å². The minimum Gasteiger partial charge on any atom is -0.293 e. The van der Waals surface area contributed by atoms with Crippen molar-refractivity contribution >= 4 is 38.7 Å². The molecule has 1 aliphatic carbocycles. The van der Waals surface area contributed by atoms with Crippen molar-refractivity contribution in [1.29, 1.82) is 0 Å². The van der Waals surface area contributed by atoms with Gasteiger partial charge in [-0.1, -0.05) is 109 Å². The monoisotopic (exact) mass is 525 g/mol. The van der Waals surface area contributed by atoms with Gasteiger partial charge in [0, 0.05) is 17.0 Å². The van der Waals surface area contributed by atoms with Crippen LogP contribution in [0, 0.1) is 0 Å². The zero-order valence-electron chi connectivity index (χ0n) is 22.5. The Hall–Kier alpha value is -5.28. The molecule has 0 aliphatic heterocycles. The molecule has 0 N–H and O–H groups in total. The maximum atomic E-state index is 5.10. The highest BCUT2D eigenvalue weighted by molar-refractivity contribution is 6.09. The molecule has 0 bridgehead atoms. The Morgan fingerprint density at radius 2 is 1.27 bits per heavy atom. The van der Waals surface area contributed by atoms with Crippen molar-refractivity contribution in [2.24, 2.45) is 0 Å². The van der Waals surface area contributed by atoms with Crippen LogP contribution in [0.25, 0.3) is 55.5 Å². The number of fused-ring (bicyclic) bond motifs is 4. The fourth-order valence-corrected chi connectivity index (χ4v) is 6.08. The van der Waals surface area contributed by atoms with Crippen LogP contribution < -0.4 is 0 Å². The summed E-state index contributed by atoms with van der Waals surface area (Å²) in [5, 5.41) is 1.11. The maximum Gasteiger partial charge on any atom is 0.165 e. The summed E-state index contributed by atoms with van der Waals surface area (Å²) in [4.78, 5) is 10.2. The number of aromatic nitrogens is 3. The molecule has 194 valence electrons. The van der Waals surface area contributed by atoms with Gasteiger partial charge < -0.3 is 0 Å². The molecule has 5 aromatic carbocycles. The van der Waals surface area contributed by atoms with Gasteiger partial charge in [-0.05, 0) is 70.6 Å². The van der Waals surface area contributed by atoms with Gasteiger partial charge in [-0.15, -0.1) is 0 Å². The molecular formula is C38H27N3. The van der Waals surface area contributed by atoms with E-state index in [4.69, 9.17) is 9.97 Å². The fourth-order valence-electron chi connectivity index (χ4n) is 6.08. The molecule has 3 nitrogen and oxygen atoms in total. The minimum atomic E-state index is 0.414. The molecule has 2 aromatic heterocycles. The van der Waals surface area contributed by atoms with E-state index in [0.29, 0.717) is 5.92 Å². The van der Waals surface area contributed by atoms with Crippen LogP contribution in [-0.2, 0) is 0 Å². The number of hydrogen-bond donors (Lipinski definition) is 0. The Morgan fingerprint density at radius 3 is 2.05 bits per heavy atom. The van der Waals surface area contributed by atoms with E-state index in [2.05, 4.69) is 120 Å². The SMILES string of the molecule is C1=CC(c2ccccc2)CC(c2ccc(-c3ccc4c(c3)c3nc5ccccc5nc3n4-c3ccccc3)cc2)=C1. The van der Waals surface area contributed by atoms with E-state index < -0.39 is 0 Å². The molecule has 7 aromatic rings. The van der Waals surface area contributed by atoms with Crippen LogP contribution in [0.1, 0.15) is 23.5 Å². The van der Waals surface area contributed by atoms with Crippen molar-refractivity contribution in [3.63, 3.8) is 0 Å². The van der Waals surface area contributed by atoms with E-state index in [1.54, 1.807) is 0 Å². The predicted molar refractivity (Wildman–Crippen MR) is 170 cm³/mol. The average molecular weight is 526 g/mol. The lowest BCUT2D eigenvalue weighted by Gasteiger charge is -2.19. The van der Waals surface area contributed by atoms with Crippen molar-refractivity contribution in [3.05, 3.63) is 157 Å². The molecule has 0 radical (unpaired) electrons. The van der Waals surface area contributed by atoms with E-state index in [1.807, 2.05) is 30.3 Å². The second-order valence-corrected chi connectivity index (χ2v) is 10.7. The highest BCUT2D eigenvalue weighted by Crippen LogP contribution is 2.36. The van der Waals surface area contributed by atoms with Crippen molar-refractivity contribution in [1.82, 2.24) is 14.5 Å². The van der Waals surface area contributed by atoms with Gasteiger partial charge in [-0.3, -0.25) is 4.57 Å². The van der Waals surface area contributed by atoms with Gasteiger partial charge in [0.25, 0.3) is 0 Å². The first-order valence-electron chi connectivity index (χ1n) is 14.1. The summed E-state index contributed by atoms with van der Waals surface area (Å²) in [6.45, 7) is 0. The summed E-state index contributed by atoms with van der Waals surface area (Å²) in [6, 6.07) is 45.0. The molecule has 3 heteroatoms. The smallest absolute Gasteiger partial charge is 0.165 e. The summed E-state index contributed by atoms with van der Waals surface area (Å²) < 4.78 is 2.23. The van der Waals surface area contributed by atoms with Gasteiger partial charge in [0.05, 0.1) is 16.6 Å². The third-order valence-corrected chi connectivity index (χ3v) is 8.17. The summed E-state index contributed by atoms with van der Waals surface area (Å²) in [6.07, 6.45) is 7.77. The second-order valence-electron chi connectivity index (χ2n) is 10.7. The number of hydrogen-bond acceptors (Lipinski definition) is 2. The van der Waals surface area contributed by atoms with Crippen LogP contribution in [0.5, 0.6) is 0 Å². The molecule has 41 heavy (non-hydrogen) atoms. The van der Waals surface area contributed by atoms with E-state index in [0.717, 1.165) is 45.2 Å². The molecular weight excluding hydrogens is 498 g/mol. The summed E-state index contributed by atoms with van der Waals surface area (Å²) in [7, 11) is 0. The summed E-state index contributed by atoms with van der Waals surface area (Å²) in [5.41, 5.74) is 12.2. The molecule has 0 fully saturated rings. The highest BCUT2D eigenvalue weighted by atomic mass is 15.1. The topological polar surface area (TPSA) is 30.7 Å². The number of rotatable bonds is 4. The Balaban J connectivity index is 1.20. The Bertz CT molecular complexity index is 2100. The highest BCUT2D eigenvalue weighted by Gasteiger charge is 2.18. The first-order valence-corrected chi connectivity index (χ1v) is 14.1. The third kappa shape index (κ3) is 4.14. The average Bonchev–Trinajstić information content (AvgIpc) is 3.37. The van der Waals surface area contributed by atoms with Crippen LogP contribution in [0.2, 0.25) is 0 Å². The molecule has 1 aliphatic rings. The Morgan fingerprint density at radius 1 is 0.610 bits per heavy atom. The molecule has 1 atom stereocenters. The number of benzene rings is 5. The van der Waals surface area contributed by atoms with Crippen molar-refractivity contribution in [2.45, 2.75) is 12.3 Å². The van der Waals surface area contributed by atoms with Gasteiger partial charge in [0.2, 0.25) is 0 Å².